The second kappa shape index (κ2) is 10.2. The molecule has 0 spiro atoms. The first-order chi connectivity index (χ1) is 14.1. The molecular weight excluding hydrogens is 392 g/mol. The largest absolute Gasteiger partial charge is 0.461 e. The summed E-state index contributed by atoms with van der Waals surface area (Å²) in [4.78, 5) is 18.9. The summed E-state index contributed by atoms with van der Waals surface area (Å²) in [6, 6.07) is 11.3. The zero-order valence-electron chi connectivity index (χ0n) is 16.6. The number of rotatable bonds is 10. The predicted octanol–water partition coefficient (Wildman–Crippen LogP) is 4.11. The number of carbonyl (C=O) groups is 1. The maximum Gasteiger partial charge on any atom is 0.238 e. The zero-order chi connectivity index (χ0) is 20.6. The quantitative estimate of drug-likeness (QED) is 0.535. The molecule has 7 nitrogen and oxygen atoms in total. The van der Waals surface area contributed by atoms with Crippen LogP contribution < -0.4 is 5.32 Å². The van der Waals surface area contributed by atoms with E-state index in [4.69, 9.17) is 20.5 Å². The molecule has 0 unspecified atom stereocenters. The van der Waals surface area contributed by atoms with Crippen LogP contribution in [0.15, 0.2) is 51.6 Å². The first-order valence-corrected chi connectivity index (χ1v) is 10.1. The van der Waals surface area contributed by atoms with Crippen molar-refractivity contribution in [2.24, 2.45) is 0 Å². The van der Waals surface area contributed by atoms with Crippen LogP contribution in [0, 0.1) is 0 Å². The van der Waals surface area contributed by atoms with Crippen LogP contribution in [0.4, 0.5) is 0 Å². The average molecular weight is 417 g/mol. The maximum atomic E-state index is 12.4. The topological polar surface area (TPSA) is 84.4 Å². The van der Waals surface area contributed by atoms with Crippen molar-refractivity contribution in [1.29, 1.82) is 0 Å². The fourth-order valence-electron chi connectivity index (χ4n) is 3.23. The number of hydrogen-bond acceptors (Lipinski definition) is 6. The molecular formula is C21H25ClN4O3. The Balaban J connectivity index is 1.57. The Labute approximate surface area is 175 Å². The van der Waals surface area contributed by atoms with Crippen LogP contribution in [0.5, 0.6) is 0 Å². The summed E-state index contributed by atoms with van der Waals surface area (Å²) in [6.07, 6.45) is 2.17. The molecule has 8 heteroatoms. The van der Waals surface area contributed by atoms with Crippen LogP contribution in [0.1, 0.15) is 37.8 Å². The highest BCUT2D eigenvalue weighted by molar-refractivity contribution is 6.31. The number of hydrogen-bond donors (Lipinski definition) is 1. The van der Waals surface area contributed by atoms with Gasteiger partial charge in [-0.1, -0.05) is 48.8 Å². The molecule has 1 atom stereocenters. The van der Waals surface area contributed by atoms with E-state index in [-0.39, 0.29) is 18.4 Å². The number of furan rings is 1. The number of benzene rings is 1. The third kappa shape index (κ3) is 5.46. The second-order valence-corrected chi connectivity index (χ2v) is 6.96. The molecule has 2 heterocycles. The highest BCUT2D eigenvalue weighted by Gasteiger charge is 2.21. The van der Waals surface area contributed by atoms with Gasteiger partial charge in [-0.05, 0) is 36.9 Å². The number of nitrogens with one attached hydrogen (secondary N) is 1. The van der Waals surface area contributed by atoms with Crippen molar-refractivity contribution in [2.45, 2.75) is 32.7 Å². The lowest BCUT2D eigenvalue weighted by Gasteiger charge is -2.30. The number of carbonyl (C=O) groups excluding carboxylic acids is 1. The Hall–Kier alpha value is -2.64. The van der Waals surface area contributed by atoms with E-state index in [0.717, 1.165) is 18.7 Å². The Morgan fingerprint density at radius 2 is 2.00 bits per heavy atom. The number of likely N-dealkylation sites (N-methyl/N-ethyl adjacent to an activating group) is 1. The van der Waals surface area contributed by atoms with Crippen molar-refractivity contribution >= 4 is 17.5 Å². The molecule has 0 radical (unpaired) electrons. The van der Waals surface area contributed by atoms with E-state index in [0.29, 0.717) is 35.5 Å². The Morgan fingerprint density at radius 1 is 1.21 bits per heavy atom. The van der Waals surface area contributed by atoms with Crippen LogP contribution in [-0.2, 0) is 11.2 Å². The van der Waals surface area contributed by atoms with Gasteiger partial charge in [-0.3, -0.25) is 9.69 Å². The lowest BCUT2D eigenvalue weighted by molar-refractivity contribution is -0.121. The molecule has 0 saturated carbocycles. The normalized spacial score (nSPS) is 12.3. The first kappa shape index (κ1) is 21.1. The molecule has 2 aromatic heterocycles. The first-order valence-electron chi connectivity index (χ1n) is 9.74. The predicted molar refractivity (Wildman–Crippen MR) is 110 cm³/mol. The molecule has 0 saturated heterocycles. The Kier molecular flexibility index (Phi) is 7.43. The molecule has 154 valence electrons. The van der Waals surface area contributed by atoms with Crippen LogP contribution in [-0.4, -0.2) is 40.6 Å². The van der Waals surface area contributed by atoms with Gasteiger partial charge in [0.2, 0.25) is 17.6 Å². The summed E-state index contributed by atoms with van der Waals surface area (Å²) in [5.41, 5.74) is 1.01. The molecule has 1 amide bonds. The van der Waals surface area contributed by atoms with Crippen LogP contribution >= 0.6 is 11.6 Å². The maximum absolute atomic E-state index is 12.4. The number of amides is 1. The van der Waals surface area contributed by atoms with Gasteiger partial charge in [-0.15, -0.1) is 0 Å². The van der Waals surface area contributed by atoms with E-state index in [2.05, 4.69) is 34.2 Å². The third-order valence-corrected chi connectivity index (χ3v) is 5.13. The molecule has 0 aliphatic rings. The summed E-state index contributed by atoms with van der Waals surface area (Å²) in [7, 11) is 0. The van der Waals surface area contributed by atoms with Gasteiger partial charge in [0.05, 0.1) is 12.3 Å². The highest BCUT2D eigenvalue weighted by atomic mass is 35.5. The summed E-state index contributed by atoms with van der Waals surface area (Å²) in [6.45, 7) is 6.40. The molecule has 0 fully saturated rings. The Morgan fingerprint density at radius 3 is 2.69 bits per heavy atom. The number of halogens is 1. The van der Waals surface area contributed by atoms with Crippen molar-refractivity contribution in [3.63, 3.8) is 0 Å². The SMILES string of the molecule is CCN(CC)[C@@H](CNC(=O)CCc1nc(-c2ccco2)no1)c1ccccc1Cl. The average Bonchev–Trinajstić information content (AvgIpc) is 3.42. The fraction of sp³-hybridized carbons (Fsp3) is 0.381. The number of aromatic nitrogens is 2. The van der Waals surface area contributed by atoms with Crippen LogP contribution in [0.3, 0.4) is 0 Å². The molecule has 0 aliphatic carbocycles. The fourth-order valence-corrected chi connectivity index (χ4v) is 3.49. The molecule has 1 N–H and O–H groups in total. The summed E-state index contributed by atoms with van der Waals surface area (Å²) in [5.74, 6) is 1.24. The molecule has 29 heavy (non-hydrogen) atoms. The summed E-state index contributed by atoms with van der Waals surface area (Å²) in [5, 5.41) is 7.59. The second-order valence-electron chi connectivity index (χ2n) is 6.55. The van der Waals surface area contributed by atoms with Gasteiger partial charge in [0, 0.05) is 24.4 Å². The van der Waals surface area contributed by atoms with Crippen molar-refractivity contribution < 1.29 is 13.7 Å². The van der Waals surface area contributed by atoms with Crippen molar-refractivity contribution in [1.82, 2.24) is 20.4 Å². The lowest BCUT2D eigenvalue weighted by atomic mass is 10.0. The summed E-state index contributed by atoms with van der Waals surface area (Å²) >= 11 is 6.40. The van der Waals surface area contributed by atoms with Gasteiger partial charge in [0.25, 0.3) is 0 Å². The highest BCUT2D eigenvalue weighted by Crippen LogP contribution is 2.27. The smallest absolute Gasteiger partial charge is 0.238 e. The number of aryl methyl sites for hydroxylation is 1. The van der Waals surface area contributed by atoms with E-state index in [9.17, 15) is 4.79 Å². The van der Waals surface area contributed by atoms with E-state index in [1.807, 2.05) is 24.3 Å². The standard InChI is InChI=1S/C21H25ClN4O3/c1-3-26(4-2)17(15-8-5-6-9-16(15)22)14-23-19(27)11-12-20-24-21(25-29-20)18-10-7-13-28-18/h5-10,13,17H,3-4,11-12,14H2,1-2H3,(H,23,27)/t17-/m0/s1. The lowest BCUT2D eigenvalue weighted by Crippen LogP contribution is -2.38. The minimum atomic E-state index is -0.0769. The molecule has 1 aromatic carbocycles. The molecule has 3 rings (SSSR count). The van der Waals surface area contributed by atoms with Gasteiger partial charge < -0.3 is 14.3 Å². The van der Waals surface area contributed by atoms with Crippen molar-refractivity contribution in [3.05, 3.63) is 59.1 Å². The molecule has 0 aliphatic heterocycles. The van der Waals surface area contributed by atoms with Gasteiger partial charge in [0.1, 0.15) is 0 Å². The van der Waals surface area contributed by atoms with Crippen molar-refractivity contribution in [2.75, 3.05) is 19.6 Å². The van der Waals surface area contributed by atoms with Crippen LogP contribution in [0.2, 0.25) is 5.02 Å². The number of nitrogens with zero attached hydrogens (tertiary/aromatic N) is 3. The molecule has 0 bridgehead atoms. The van der Waals surface area contributed by atoms with Gasteiger partial charge in [-0.25, -0.2) is 0 Å². The zero-order valence-corrected chi connectivity index (χ0v) is 17.4. The monoisotopic (exact) mass is 416 g/mol. The van der Waals surface area contributed by atoms with Gasteiger partial charge >= 0.3 is 0 Å². The minimum absolute atomic E-state index is 0.0107. The molecule has 3 aromatic rings. The van der Waals surface area contributed by atoms with E-state index in [1.54, 1.807) is 18.4 Å². The van der Waals surface area contributed by atoms with E-state index < -0.39 is 0 Å². The van der Waals surface area contributed by atoms with E-state index >= 15 is 0 Å². The van der Waals surface area contributed by atoms with E-state index in [1.165, 1.54) is 0 Å². The minimum Gasteiger partial charge on any atom is -0.461 e. The van der Waals surface area contributed by atoms with Gasteiger partial charge in [-0.2, -0.15) is 4.98 Å². The Bertz CT molecular complexity index is 906. The van der Waals surface area contributed by atoms with Crippen molar-refractivity contribution in [3.8, 4) is 11.6 Å². The third-order valence-electron chi connectivity index (χ3n) is 4.79. The summed E-state index contributed by atoms with van der Waals surface area (Å²) < 4.78 is 10.4. The van der Waals surface area contributed by atoms with Gasteiger partial charge in [0.15, 0.2) is 5.76 Å². The van der Waals surface area contributed by atoms with Crippen LogP contribution in [0.25, 0.3) is 11.6 Å².